The minimum atomic E-state index is -1.22. The van der Waals surface area contributed by atoms with Crippen molar-refractivity contribution in [2.24, 2.45) is 0 Å². The standard InChI is InChI=1S/C13H19NSi/c1-6-7-11(2)13-9-8-12(10-14-13)15(3,4)5/h6-10H,2H2,1,3-5H3/b7-6-. The lowest BCUT2D eigenvalue weighted by Crippen LogP contribution is -2.37. The molecule has 1 heterocycles. The first-order valence-corrected chi connectivity index (χ1v) is 8.73. The zero-order chi connectivity index (χ0) is 11.5. The van der Waals surface area contributed by atoms with Crippen molar-refractivity contribution in [3.05, 3.63) is 42.8 Å². The van der Waals surface area contributed by atoms with E-state index >= 15 is 0 Å². The zero-order valence-electron chi connectivity index (χ0n) is 10.0. The summed E-state index contributed by atoms with van der Waals surface area (Å²) in [5, 5.41) is 1.39. The minimum Gasteiger partial charge on any atom is -0.256 e. The van der Waals surface area contributed by atoms with Crippen LogP contribution in [-0.4, -0.2) is 13.1 Å². The van der Waals surface area contributed by atoms with E-state index in [4.69, 9.17) is 0 Å². The van der Waals surface area contributed by atoms with E-state index in [0.29, 0.717) is 0 Å². The zero-order valence-corrected chi connectivity index (χ0v) is 11.0. The molecule has 80 valence electrons. The Morgan fingerprint density at radius 3 is 2.40 bits per heavy atom. The molecular weight excluding hydrogens is 198 g/mol. The van der Waals surface area contributed by atoms with Crippen LogP contribution in [0.15, 0.2) is 37.1 Å². The van der Waals surface area contributed by atoms with Crippen molar-refractivity contribution in [2.45, 2.75) is 26.6 Å². The molecule has 0 unspecified atom stereocenters. The molecule has 0 atom stereocenters. The average molecular weight is 217 g/mol. The summed E-state index contributed by atoms with van der Waals surface area (Å²) in [6.07, 6.45) is 5.96. The molecule has 0 N–H and O–H groups in total. The van der Waals surface area contributed by atoms with Crippen LogP contribution in [0.2, 0.25) is 19.6 Å². The molecule has 15 heavy (non-hydrogen) atoms. The fourth-order valence-corrected chi connectivity index (χ4v) is 2.35. The highest BCUT2D eigenvalue weighted by Gasteiger charge is 2.16. The van der Waals surface area contributed by atoms with Crippen molar-refractivity contribution < 1.29 is 0 Å². The molecular formula is C13H19NSi. The van der Waals surface area contributed by atoms with Crippen LogP contribution >= 0.6 is 0 Å². The van der Waals surface area contributed by atoms with E-state index in [1.165, 1.54) is 5.19 Å². The summed E-state index contributed by atoms with van der Waals surface area (Å²) in [5.41, 5.74) is 1.94. The van der Waals surface area contributed by atoms with Crippen LogP contribution in [0.5, 0.6) is 0 Å². The van der Waals surface area contributed by atoms with Crippen LogP contribution in [0.25, 0.3) is 5.57 Å². The van der Waals surface area contributed by atoms with Crippen molar-refractivity contribution in [1.82, 2.24) is 4.98 Å². The molecule has 0 saturated carbocycles. The predicted molar refractivity (Wildman–Crippen MR) is 71.1 cm³/mol. The SMILES string of the molecule is C=C(/C=C\C)c1ccc([Si](C)(C)C)cn1. The lowest BCUT2D eigenvalue weighted by Gasteiger charge is -2.16. The Kier molecular flexibility index (Phi) is 3.64. The quantitative estimate of drug-likeness (QED) is 0.559. The van der Waals surface area contributed by atoms with Crippen LogP contribution < -0.4 is 5.19 Å². The fraction of sp³-hybridized carbons (Fsp3) is 0.308. The van der Waals surface area contributed by atoms with Crippen LogP contribution in [0.1, 0.15) is 12.6 Å². The summed E-state index contributed by atoms with van der Waals surface area (Å²) in [4.78, 5) is 4.45. The molecule has 0 aliphatic carbocycles. The Morgan fingerprint density at radius 2 is 2.00 bits per heavy atom. The molecule has 0 bridgehead atoms. The first-order chi connectivity index (χ1) is 6.95. The Labute approximate surface area is 93.6 Å². The Morgan fingerprint density at radius 1 is 1.33 bits per heavy atom. The summed E-state index contributed by atoms with van der Waals surface area (Å²) in [5.74, 6) is 0. The maximum Gasteiger partial charge on any atom is 0.0796 e. The van der Waals surface area contributed by atoms with Gasteiger partial charge >= 0.3 is 0 Å². The first kappa shape index (κ1) is 11.9. The summed E-state index contributed by atoms with van der Waals surface area (Å²) in [6, 6.07) is 4.25. The Balaban J connectivity index is 2.95. The molecule has 1 rings (SSSR count). The normalized spacial score (nSPS) is 12.0. The van der Waals surface area contributed by atoms with Gasteiger partial charge in [0.15, 0.2) is 0 Å². The number of rotatable bonds is 3. The van der Waals surface area contributed by atoms with Crippen LogP contribution in [0, 0.1) is 0 Å². The summed E-state index contributed by atoms with van der Waals surface area (Å²) in [6.45, 7) is 12.9. The summed E-state index contributed by atoms with van der Waals surface area (Å²) < 4.78 is 0. The molecule has 1 aromatic rings. The number of hydrogen-bond donors (Lipinski definition) is 0. The molecule has 1 nitrogen and oxygen atoms in total. The van der Waals surface area contributed by atoms with Crippen LogP contribution in [0.3, 0.4) is 0 Å². The van der Waals surface area contributed by atoms with Gasteiger partial charge in [0.05, 0.1) is 13.8 Å². The molecule has 0 aromatic carbocycles. The van der Waals surface area contributed by atoms with Crippen molar-refractivity contribution in [3.63, 3.8) is 0 Å². The second kappa shape index (κ2) is 4.58. The van der Waals surface area contributed by atoms with Gasteiger partial charge in [0, 0.05) is 6.20 Å². The molecule has 0 spiro atoms. The van der Waals surface area contributed by atoms with Crippen molar-refractivity contribution in [1.29, 1.82) is 0 Å². The van der Waals surface area contributed by atoms with E-state index in [2.05, 4.69) is 43.3 Å². The van der Waals surface area contributed by atoms with Gasteiger partial charge in [-0.3, -0.25) is 4.98 Å². The van der Waals surface area contributed by atoms with E-state index < -0.39 is 8.07 Å². The van der Waals surface area contributed by atoms with Gasteiger partial charge in [-0.1, -0.05) is 44.4 Å². The second-order valence-electron chi connectivity index (χ2n) is 4.71. The maximum absolute atomic E-state index is 4.45. The van der Waals surface area contributed by atoms with E-state index in [0.717, 1.165) is 11.3 Å². The number of allylic oxidation sites excluding steroid dienone is 3. The lowest BCUT2D eigenvalue weighted by atomic mass is 10.2. The van der Waals surface area contributed by atoms with Gasteiger partial charge in [0.2, 0.25) is 0 Å². The average Bonchev–Trinajstić information content (AvgIpc) is 2.17. The van der Waals surface area contributed by atoms with Crippen molar-refractivity contribution in [2.75, 3.05) is 0 Å². The second-order valence-corrected chi connectivity index (χ2v) is 9.78. The molecule has 0 amide bonds. The number of nitrogens with zero attached hydrogens (tertiary/aromatic N) is 1. The number of aromatic nitrogens is 1. The fourth-order valence-electron chi connectivity index (χ4n) is 1.31. The summed E-state index contributed by atoms with van der Waals surface area (Å²) >= 11 is 0. The molecule has 0 fully saturated rings. The van der Waals surface area contributed by atoms with Gasteiger partial charge in [-0.2, -0.15) is 0 Å². The third kappa shape index (κ3) is 3.17. The van der Waals surface area contributed by atoms with Gasteiger partial charge in [-0.15, -0.1) is 0 Å². The van der Waals surface area contributed by atoms with Gasteiger partial charge in [0.1, 0.15) is 0 Å². The van der Waals surface area contributed by atoms with Crippen molar-refractivity contribution in [3.8, 4) is 0 Å². The van der Waals surface area contributed by atoms with E-state index in [1.807, 2.05) is 25.3 Å². The van der Waals surface area contributed by atoms with Gasteiger partial charge in [-0.05, 0) is 23.7 Å². The summed E-state index contributed by atoms with van der Waals surface area (Å²) in [7, 11) is -1.22. The largest absolute Gasteiger partial charge is 0.256 e. The topological polar surface area (TPSA) is 12.9 Å². The first-order valence-electron chi connectivity index (χ1n) is 5.23. The lowest BCUT2D eigenvalue weighted by molar-refractivity contribution is 1.29. The highest BCUT2D eigenvalue weighted by molar-refractivity contribution is 6.88. The van der Waals surface area contributed by atoms with Gasteiger partial charge < -0.3 is 0 Å². The Bertz CT molecular complexity index is 369. The third-order valence-corrected chi connectivity index (χ3v) is 4.35. The molecule has 0 aliphatic heterocycles. The third-order valence-electron chi connectivity index (χ3n) is 2.33. The molecule has 0 aliphatic rings. The van der Waals surface area contributed by atoms with Crippen LogP contribution in [-0.2, 0) is 0 Å². The predicted octanol–water partition coefficient (Wildman–Crippen LogP) is 3.22. The van der Waals surface area contributed by atoms with E-state index in [1.54, 1.807) is 0 Å². The molecule has 2 heteroatoms. The Hall–Kier alpha value is -1.15. The van der Waals surface area contributed by atoms with Crippen molar-refractivity contribution >= 4 is 18.8 Å². The minimum absolute atomic E-state index is 0.968. The highest BCUT2D eigenvalue weighted by Crippen LogP contribution is 2.10. The van der Waals surface area contributed by atoms with E-state index in [9.17, 15) is 0 Å². The maximum atomic E-state index is 4.45. The van der Waals surface area contributed by atoms with Gasteiger partial charge in [-0.25, -0.2) is 0 Å². The molecule has 0 saturated heterocycles. The smallest absolute Gasteiger partial charge is 0.0796 e. The number of hydrogen-bond acceptors (Lipinski definition) is 1. The molecule has 1 aromatic heterocycles. The van der Waals surface area contributed by atoms with Gasteiger partial charge in [0.25, 0.3) is 0 Å². The number of pyridine rings is 1. The molecule has 0 radical (unpaired) electrons. The highest BCUT2D eigenvalue weighted by atomic mass is 28.3. The monoisotopic (exact) mass is 217 g/mol. The van der Waals surface area contributed by atoms with E-state index in [-0.39, 0.29) is 0 Å². The van der Waals surface area contributed by atoms with Crippen LogP contribution in [0.4, 0.5) is 0 Å².